The molecule has 2 N–H and O–H groups in total. The molecule has 6 aromatic carbocycles. The summed E-state index contributed by atoms with van der Waals surface area (Å²) in [6, 6.07) is 40.3. The fourth-order valence-electron chi connectivity index (χ4n) is 8.48. The summed E-state index contributed by atoms with van der Waals surface area (Å²) in [6.45, 7) is 0. The first-order valence-electron chi connectivity index (χ1n) is 22.1. The zero-order chi connectivity index (χ0) is 48.8. The summed E-state index contributed by atoms with van der Waals surface area (Å²) in [5.74, 6) is 1.65. The van der Waals surface area contributed by atoms with Gasteiger partial charge in [-0.2, -0.15) is 13.2 Å². The van der Waals surface area contributed by atoms with Gasteiger partial charge >= 0.3 is 6.18 Å². The zero-order valence-electron chi connectivity index (χ0n) is 37.3. The first-order chi connectivity index (χ1) is 34.4. The van der Waals surface area contributed by atoms with Gasteiger partial charge in [0.25, 0.3) is 0 Å². The molecule has 0 unspecified atom stereocenters. The van der Waals surface area contributed by atoms with Gasteiger partial charge in [-0.3, -0.25) is 9.98 Å². The lowest BCUT2D eigenvalue weighted by Gasteiger charge is -2.15. The van der Waals surface area contributed by atoms with Gasteiger partial charge in [0.15, 0.2) is 0 Å². The quantitative estimate of drug-likeness (QED) is 0.148. The summed E-state index contributed by atoms with van der Waals surface area (Å²) < 4.78 is 60.8. The number of ether oxygens (including phenoxy) is 2. The standard InChI is InChI=1S/C55H36ClF3N6O5S/c1-68-52-25-36(44-28-54(55(57,58)59)65-40-13-6-5-12-39(40)61-44)49(67)24-34(52)30-21-53(71-29-30)47-27-42(60-37-10-3-4-11-38(37)63-47)33-9-2-7-14-50(33)70-32-17-18-41-45(23-32)64-43(35-22-31(56)16-19-48(35)66)26-46(62-41)51-15-8-20-69-51/h2-25,29,66-67H,26-28H2,1H3. The van der Waals surface area contributed by atoms with Gasteiger partial charge in [-0.05, 0) is 108 Å². The first-order valence-corrected chi connectivity index (χ1v) is 23.3. The van der Waals surface area contributed by atoms with Crippen molar-refractivity contribution in [2.24, 2.45) is 30.0 Å². The molecule has 2 aromatic heterocycles. The Labute approximate surface area is 412 Å². The van der Waals surface area contributed by atoms with Crippen molar-refractivity contribution < 1.29 is 37.3 Å². The molecule has 8 aromatic rings. The molecule has 11 rings (SSSR count). The second-order valence-corrected chi connectivity index (χ2v) is 17.9. The lowest BCUT2D eigenvalue weighted by atomic mass is 9.97. The van der Waals surface area contributed by atoms with Crippen molar-refractivity contribution in [3.63, 3.8) is 0 Å². The Morgan fingerprint density at radius 2 is 1.17 bits per heavy atom. The molecule has 0 amide bonds. The Balaban J connectivity index is 0.919. The van der Waals surface area contributed by atoms with Crippen LogP contribution in [0, 0.1) is 0 Å². The van der Waals surface area contributed by atoms with E-state index in [1.807, 2.05) is 78.2 Å². The predicted octanol–water partition coefficient (Wildman–Crippen LogP) is 15.3. The smallest absolute Gasteiger partial charge is 0.429 e. The first kappa shape index (κ1) is 45.1. The molecular formula is C55H36ClF3N6O5S. The van der Waals surface area contributed by atoms with Crippen LogP contribution in [0.3, 0.4) is 0 Å². The Bertz CT molecular complexity index is 3630. The van der Waals surface area contributed by atoms with Gasteiger partial charge in [0.1, 0.15) is 40.2 Å². The van der Waals surface area contributed by atoms with Crippen LogP contribution in [-0.4, -0.2) is 57.8 Å². The van der Waals surface area contributed by atoms with E-state index in [2.05, 4.69) is 9.98 Å². The van der Waals surface area contributed by atoms with E-state index in [1.54, 1.807) is 48.7 Å². The van der Waals surface area contributed by atoms with Crippen molar-refractivity contribution in [1.29, 1.82) is 0 Å². The molecule has 0 spiro atoms. The van der Waals surface area contributed by atoms with Crippen molar-refractivity contribution in [1.82, 2.24) is 0 Å². The third kappa shape index (κ3) is 9.15. The minimum atomic E-state index is -4.72. The normalized spacial score (nSPS) is 14.4. The summed E-state index contributed by atoms with van der Waals surface area (Å²) in [5.41, 5.74) is 6.76. The zero-order valence-corrected chi connectivity index (χ0v) is 38.9. The lowest BCUT2D eigenvalue weighted by Crippen LogP contribution is -2.25. The molecule has 0 bridgehead atoms. The molecule has 3 aliphatic heterocycles. The highest BCUT2D eigenvalue weighted by Gasteiger charge is 2.38. The largest absolute Gasteiger partial charge is 0.507 e. The van der Waals surface area contributed by atoms with E-state index in [9.17, 15) is 23.4 Å². The topological polar surface area (TPSA) is 146 Å². The molecule has 350 valence electrons. The van der Waals surface area contributed by atoms with Crippen LogP contribution < -0.4 is 9.47 Å². The number of fused-ring (bicyclic) bond motifs is 3. The van der Waals surface area contributed by atoms with Crippen molar-refractivity contribution in [3.05, 3.63) is 184 Å². The van der Waals surface area contributed by atoms with E-state index in [4.69, 9.17) is 45.5 Å². The SMILES string of the molecule is COc1cc(C2=Nc3ccccc3N=C(C(F)(F)F)C2)c(O)cc1-c1csc(C2=Nc3ccccc3N=C(c3ccccc3Oc3ccc4c(c3)N=C(c3cc(Cl)ccc3O)CC(c3ccco3)=N4)C2)c1. The monoisotopic (exact) mass is 984 g/mol. The number of alkyl halides is 3. The van der Waals surface area contributed by atoms with Crippen molar-refractivity contribution >= 4 is 91.3 Å². The van der Waals surface area contributed by atoms with E-state index < -0.39 is 18.3 Å². The number of rotatable bonds is 9. The minimum Gasteiger partial charge on any atom is -0.507 e. The molecule has 0 atom stereocenters. The second kappa shape index (κ2) is 18.5. The molecule has 11 nitrogen and oxygen atoms in total. The third-order valence-corrected chi connectivity index (χ3v) is 13.1. The maximum absolute atomic E-state index is 14.2. The molecule has 71 heavy (non-hydrogen) atoms. The van der Waals surface area contributed by atoms with Gasteiger partial charge < -0.3 is 24.1 Å². The minimum absolute atomic E-state index is 0.00419. The molecule has 3 aliphatic rings. The molecular weight excluding hydrogens is 949 g/mol. The van der Waals surface area contributed by atoms with Crippen LogP contribution in [0.25, 0.3) is 11.1 Å². The maximum atomic E-state index is 14.2. The van der Waals surface area contributed by atoms with Crippen LogP contribution in [0.2, 0.25) is 5.02 Å². The number of methoxy groups -OCH3 is 1. The van der Waals surface area contributed by atoms with Crippen LogP contribution in [-0.2, 0) is 0 Å². The summed E-state index contributed by atoms with van der Waals surface area (Å²) in [4.78, 5) is 29.5. The lowest BCUT2D eigenvalue weighted by molar-refractivity contribution is -0.0597. The Kier molecular flexibility index (Phi) is 11.7. The van der Waals surface area contributed by atoms with Gasteiger partial charge in [0.2, 0.25) is 0 Å². The van der Waals surface area contributed by atoms with Gasteiger partial charge in [-0.15, -0.1) is 11.3 Å². The number of halogens is 4. The number of thiophene rings is 1. The number of hydrogen-bond acceptors (Lipinski definition) is 12. The van der Waals surface area contributed by atoms with Crippen LogP contribution in [0.1, 0.15) is 46.6 Å². The van der Waals surface area contributed by atoms with E-state index in [-0.39, 0.29) is 40.6 Å². The number of benzene rings is 6. The fraction of sp³-hybridized carbons (Fsp3) is 0.0909. The number of phenols is 2. The van der Waals surface area contributed by atoms with Gasteiger partial charge in [0, 0.05) is 57.5 Å². The molecule has 0 fully saturated rings. The van der Waals surface area contributed by atoms with Crippen molar-refractivity contribution in [3.8, 4) is 39.9 Å². The molecule has 0 aliphatic carbocycles. The highest BCUT2D eigenvalue weighted by Crippen LogP contribution is 2.44. The predicted molar refractivity (Wildman–Crippen MR) is 274 cm³/mol. The average molecular weight is 985 g/mol. The van der Waals surface area contributed by atoms with E-state index >= 15 is 0 Å². The van der Waals surface area contributed by atoms with Gasteiger partial charge in [-0.25, -0.2) is 20.0 Å². The summed E-state index contributed by atoms with van der Waals surface area (Å²) in [5, 5.41) is 24.8. The van der Waals surface area contributed by atoms with E-state index in [0.717, 1.165) is 10.4 Å². The van der Waals surface area contributed by atoms with Crippen LogP contribution in [0.15, 0.2) is 186 Å². The summed E-state index contributed by atoms with van der Waals surface area (Å²) in [7, 11) is 1.46. The number of para-hydroxylation sites is 5. The highest BCUT2D eigenvalue weighted by atomic mass is 35.5. The molecule has 0 radical (unpaired) electrons. The highest BCUT2D eigenvalue weighted by molar-refractivity contribution is 7.12. The number of phenolic OH excluding ortho intramolecular Hbond substituents is 2. The van der Waals surface area contributed by atoms with Crippen LogP contribution >= 0.6 is 22.9 Å². The summed E-state index contributed by atoms with van der Waals surface area (Å²) in [6.07, 6.45) is -3.24. The third-order valence-electron chi connectivity index (χ3n) is 11.9. The van der Waals surface area contributed by atoms with Crippen molar-refractivity contribution in [2.45, 2.75) is 25.4 Å². The maximum Gasteiger partial charge on any atom is 0.429 e. The summed E-state index contributed by atoms with van der Waals surface area (Å²) >= 11 is 7.83. The van der Waals surface area contributed by atoms with E-state index in [0.29, 0.717) is 96.7 Å². The number of furan rings is 1. The van der Waals surface area contributed by atoms with Crippen molar-refractivity contribution in [2.75, 3.05) is 7.11 Å². The Hall–Kier alpha value is -8.40. The van der Waals surface area contributed by atoms with E-state index in [1.165, 1.54) is 42.7 Å². The molecule has 5 heterocycles. The molecule has 16 heteroatoms. The van der Waals surface area contributed by atoms with Gasteiger partial charge in [-0.1, -0.05) is 48.0 Å². The van der Waals surface area contributed by atoms with Crippen LogP contribution in [0.5, 0.6) is 28.7 Å². The number of aliphatic imine (C=N–C) groups is 6. The van der Waals surface area contributed by atoms with Crippen LogP contribution in [0.4, 0.5) is 47.3 Å². The number of nitrogens with zero attached hydrogens (tertiary/aromatic N) is 6. The number of hydrogen-bond donors (Lipinski definition) is 2. The Morgan fingerprint density at radius 1 is 0.549 bits per heavy atom. The average Bonchev–Trinajstić information content (AvgIpc) is 3.95. The molecule has 0 saturated carbocycles. The fourth-order valence-corrected chi connectivity index (χ4v) is 9.55. The second-order valence-electron chi connectivity index (χ2n) is 16.5. The Morgan fingerprint density at radius 3 is 1.89 bits per heavy atom. The molecule has 0 saturated heterocycles. The number of aromatic hydroxyl groups is 2. The van der Waals surface area contributed by atoms with Gasteiger partial charge in [0.05, 0.1) is 76.1 Å².